The van der Waals surface area contributed by atoms with Gasteiger partial charge in [0.2, 0.25) is 0 Å². The number of carbonyl (C=O) groups excluding carboxylic acids is 1. The third-order valence-electron chi connectivity index (χ3n) is 9.48. The molecule has 4 aromatic rings. The second-order valence-electron chi connectivity index (χ2n) is 14.6. The molecule has 3 aliphatic rings. The lowest BCUT2D eigenvalue weighted by atomic mass is 9.82. The predicted octanol–water partition coefficient (Wildman–Crippen LogP) is 6.31. The number of ether oxygens (including phenoxy) is 2. The summed E-state index contributed by atoms with van der Waals surface area (Å²) in [6.45, 7) is 10.3. The largest absolute Gasteiger partial charge is 0.508 e. The van der Waals surface area contributed by atoms with Crippen molar-refractivity contribution in [1.82, 2.24) is 24.8 Å². The van der Waals surface area contributed by atoms with Gasteiger partial charge < -0.3 is 24.8 Å². The minimum atomic E-state index is -0.916. The molecule has 1 amide bonds. The molecule has 2 aromatic carbocycles. The van der Waals surface area contributed by atoms with Crippen LogP contribution in [-0.2, 0) is 4.74 Å². The SMILES string of the molecule is CC1(CNc2nc(OC[C@@]34CCCN3C[C@H](F)C4)nc3c(F)c(-c4cc(O)cc5ccccc45)ncc23)CN(C(=O)OC(C)(C)C)C1. The Balaban J connectivity index is 1.22. The molecule has 10 nitrogen and oxygen atoms in total. The van der Waals surface area contributed by atoms with Crippen molar-refractivity contribution in [2.75, 3.05) is 44.6 Å². The molecule has 0 spiro atoms. The molecule has 2 N–H and O–H groups in total. The summed E-state index contributed by atoms with van der Waals surface area (Å²) in [7, 11) is 0. The summed E-state index contributed by atoms with van der Waals surface area (Å²) in [5.74, 6) is -0.340. The van der Waals surface area contributed by atoms with E-state index in [1.54, 1.807) is 11.0 Å². The molecular weight excluding hydrogens is 606 g/mol. The van der Waals surface area contributed by atoms with Gasteiger partial charge in [-0.3, -0.25) is 9.88 Å². The Morgan fingerprint density at radius 3 is 2.74 bits per heavy atom. The van der Waals surface area contributed by atoms with E-state index in [-0.39, 0.29) is 41.1 Å². The van der Waals surface area contributed by atoms with E-state index in [0.717, 1.165) is 30.2 Å². The molecule has 5 heterocycles. The maximum Gasteiger partial charge on any atom is 0.410 e. The number of phenolic OH excluding ortho intramolecular Hbond substituents is 1. The first-order valence-corrected chi connectivity index (χ1v) is 16.1. The average Bonchev–Trinajstić information content (AvgIpc) is 3.52. The second kappa shape index (κ2) is 11.4. The number of alkyl halides is 1. The zero-order valence-corrected chi connectivity index (χ0v) is 27.1. The van der Waals surface area contributed by atoms with Gasteiger partial charge in [-0.15, -0.1) is 0 Å². The number of phenols is 1. The molecular formula is C35H40F2N6O4. The number of anilines is 1. The fraction of sp³-hybridized carbons (Fsp3) is 0.486. The van der Waals surface area contributed by atoms with Crippen molar-refractivity contribution in [1.29, 1.82) is 0 Å². The monoisotopic (exact) mass is 646 g/mol. The molecule has 0 unspecified atom stereocenters. The van der Waals surface area contributed by atoms with Gasteiger partial charge in [0.25, 0.3) is 0 Å². The van der Waals surface area contributed by atoms with Gasteiger partial charge in [0, 0.05) is 49.8 Å². The van der Waals surface area contributed by atoms with Crippen LogP contribution in [0, 0.1) is 11.2 Å². The van der Waals surface area contributed by atoms with Crippen LogP contribution in [0.5, 0.6) is 11.8 Å². The molecule has 3 fully saturated rings. The van der Waals surface area contributed by atoms with Crippen LogP contribution >= 0.6 is 0 Å². The summed E-state index contributed by atoms with van der Waals surface area (Å²) in [5.41, 5.74) is -0.823. The summed E-state index contributed by atoms with van der Waals surface area (Å²) in [6.07, 6.45) is 2.40. The highest BCUT2D eigenvalue weighted by Gasteiger charge is 2.49. The number of benzene rings is 2. The zero-order chi connectivity index (χ0) is 33.1. The van der Waals surface area contributed by atoms with Gasteiger partial charge in [0.1, 0.15) is 41.2 Å². The molecule has 0 aliphatic carbocycles. The van der Waals surface area contributed by atoms with E-state index < -0.39 is 23.1 Å². The van der Waals surface area contributed by atoms with E-state index in [1.165, 1.54) is 12.3 Å². The van der Waals surface area contributed by atoms with E-state index in [2.05, 4.69) is 25.2 Å². The Morgan fingerprint density at radius 1 is 1.17 bits per heavy atom. The van der Waals surface area contributed by atoms with Crippen LogP contribution in [0.25, 0.3) is 32.9 Å². The van der Waals surface area contributed by atoms with Crippen molar-refractivity contribution in [3.63, 3.8) is 0 Å². The van der Waals surface area contributed by atoms with Crippen LogP contribution in [0.4, 0.5) is 19.4 Å². The summed E-state index contributed by atoms with van der Waals surface area (Å²) in [4.78, 5) is 30.0. The number of nitrogens with one attached hydrogen (secondary N) is 1. The molecule has 12 heteroatoms. The van der Waals surface area contributed by atoms with Crippen molar-refractivity contribution in [2.24, 2.45) is 5.41 Å². The first-order chi connectivity index (χ1) is 22.3. The number of amides is 1. The van der Waals surface area contributed by atoms with Gasteiger partial charge in [-0.2, -0.15) is 9.97 Å². The molecule has 2 aromatic heterocycles. The minimum absolute atomic E-state index is 0.00802. The summed E-state index contributed by atoms with van der Waals surface area (Å²) < 4.78 is 42.7. The quantitative estimate of drug-likeness (QED) is 0.238. The summed E-state index contributed by atoms with van der Waals surface area (Å²) >= 11 is 0. The smallest absolute Gasteiger partial charge is 0.410 e. The number of halogens is 2. The molecule has 3 aliphatic heterocycles. The lowest BCUT2D eigenvalue weighted by Gasteiger charge is -2.48. The Labute approximate surface area is 272 Å². The zero-order valence-electron chi connectivity index (χ0n) is 27.1. The standard InChI is InChI=1S/C35H40F2N6O4/c1-33(2,3)47-32(45)42-18-34(4,19-42)17-39-30-26-15-38-28(25-13-23(44)12-21-8-5-6-9-24(21)25)27(37)29(26)40-31(41-30)46-20-35-10-7-11-43(35)16-22(36)14-35/h5-6,8-9,12-13,15,22,44H,7,10-11,14,16-20H2,1-4H3,(H,39,40,41)/t22-,35+/m1/s1. The Hall–Kier alpha value is -4.32. The number of pyridine rings is 1. The molecule has 0 bridgehead atoms. The van der Waals surface area contributed by atoms with Gasteiger partial charge >= 0.3 is 12.1 Å². The van der Waals surface area contributed by atoms with Gasteiger partial charge in [0.05, 0.1) is 10.9 Å². The molecule has 248 valence electrons. The Bertz CT molecular complexity index is 1860. The van der Waals surface area contributed by atoms with Crippen molar-refractivity contribution in [3.05, 3.63) is 48.4 Å². The third-order valence-corrected chi connectivity index (χ3v) is 9.48. The first-order valence-electron chi connectivity index (χ1n) is 16.1. The predicted molar refractivity (Wildman–Crippen MR) is 175 cm³/mol. The van der Waals surface area contributed by atoms with Crippen molar-refractivity contribution < 1.29 is 28.2 Å². The van der Waals surface area contributed by atoms with Crippen LogP contribution in [0.3, 0.4) is 0 Å². The van der Waals surface area contributed by atoms with Gasteiger partial charge in [-0.25, -0.2) is 13.6 Å². The molecule has 0 saturated carbocycles. The third kappa shape index (κ3) is 5.99. The van der Waals surface area contributed by atoms with Crippen molar-refractivity contribution in [2.45, 2.75) is 64.3 Å². The summed E-state index contributed by atoms with van der Waals surface area (Å²) in [5, 5.41) is 15.6. The molecule has 3 saturated heterocycles. The fourth-order valence-corrected chi connectivity index (χ4v) is 7.30. The average molecular weight is 647 g/mol. The van der Waals surface area contributed by atoms with E-state index in [9.17, 15) is 14.3 Å². The fourth-order valence-electron chi connectivity index (χ4n) is 7.30. The number of aromatic nitrogens is 3. The number of aromatic hydroxyl groups is 1. The normalized spacial score (nSPS) is 22.3. The molecule has 47 heavy (non-hydrogen) atoms. The van der Waals surface area contributed by atoms with E-state index in [1.807, 2.05) is 52.0 Å². The van der Waals surface area contributed by atoms with Crippen LogP contribution in [-0.4, -0.2) is 92.6 Å². The maximum atomic E-state index is 16.6. The number of nitrogens with zero attached hydrogens (tertiary/aromatic N) is 5. The minimum Gasteiger partial charge on any atom is -0.508 e. The highest BCUT2D eigenvalue weighted by atomic mass is 19.1. The number of hydrogen-bond acceptors (Lipinski definition) is 9. The van der Waals surface area contributed by atoms with E-state index in [4.69, 9.17) is 9.47 Å². The number of hydrogen-bond donors (Lipinski definition) is 2. The number of carbonyl (C=O) groups is 1. The van der Waals surface area contributed by atoms with Crippen LogP contribution in [0.1, 0.15) is 47.0 Å². The van der Waals surface area contributed by atoms with Crippen LogP contribution < -0.4 is 10.1 Å². The maximum absolute atomic E-state index is 16.6. The summed E-state index contributed by atoms with van der Waals surface area (Å²) in [6, 6.07) is 10.5. The molecule has 7 rings (SSSR count). The Kier molecular flexibility index (Phi) is 7.61. The topological polar surface area (TPSA) is 113 Å². The van der Waals surface area contributed by atoms with E-state index >= 15 is 4.39 Å². The highest BCUT2D eigenvalue weighted by molar-refractivity contribution is 5.99. The number of likely N-dealkylation sites (tertiary alicyclic amines) is 1. The molecule has 2 atom stereocenters. The first kappa shape index (κ1) is 31.3. The van der Waals surface area contributed by atoms with Gasteiger partial charge in [-0.1, -0.05) is 31.2 Å². The van der Waals surface area contributed by atoms with Crippen LogP contribution in [0.2, 0.25) is 0 Å². The Morgan fingerprint density at radius 2 is 1.96 bits per heavy atom. The highest BCUT2D eigenvalue weighted by Crippen LogP contribution is 2.41. The van der Waals surface area contributed by atoms with Crippen LogP contribution in [0.15, 0.2) is 42.6 Å². The number of rotatable bonds is 7. The van der Waals surface area contributed by atoms with Crippen molar-refractivity contribution in [3.8, 4) is 23.0 Å². The lowest BCUT2D eigenvalue weighted by molar-refractivity contribution is -0.0234. The van der Waals surface area contributed by atoms with Gasteiger partial charge in [-0.05, 0) is 63.1 Å². The number of fused-ring (bicyclic) bond motifs is 3. The van der Waals surface area contributed by atoms with Gasteiger partial charge in [0.15, 0.2) is 5.82 Å². The van der Waals surface area contributed by atoms with Crippen molar-refractivity contribution >= 4 is 33.6 Å². The second-order valence-corrected chi connectivity index (χ2v) is 14.6. The lowest BCUT2D eigenvalue weighted by Crippen LogP contribution is -2.60. The molecule has 0 radical (unpaired) electrons. The van der Waals surface area contributed by atoms with E-state index in [0.29, 0.717) is 49.4 Å².